The van der Waals surface area contributed by atoms with Crippen molar-refractivity contribution in [3.63, 3.8) is 0 Å². The third kappa shape index (κ3) is 3.88. The van der Waals surface area contributed by atoms with Crippen LogP contribution in [0.15, 0.2) is 71.8 Å². The minimum absolute atomic E-state index is 0.608. The summed E-state index contributed by atoms with van der Waals surface area (Å²) in [7, 11) is 1.99. The molecule has 162 valence electrons. The highest BCUT2D eigenvalue weighted by Gasteiger charge is 2.22. The Morgan fingerprint density at radius 1 is 1.09 bits per heavy atom. The maximum absolute atomic E-state index is 6.14. The molecule has 2 aliphatic heterocycles. The summed E-state index contributed by atoms with van der Waals surface area (Å²) in [5.74, 6) is 3.99. The average Bonchev–Trinajstić information content (AvgIpc) is 3.16. The maximum Gasteiger partial charge on any atom is 0.145 e. The van der Waals surface area contributed by atoms with Crippen molar-refractivity contribution in [3.8, 4) is 11.5 Å². The van der Waals surface area contributed by atoms with E-state index < -0.39 is 0 Å². The first-order valence-corrected chi connectivity index (χ1v) is 10.5. The zero-order valence-corrected chi connectivity index (χ0v) is 18.2. The smallest absolute Gasteiger partial charge is 0.145 e. The van der Waals surface area contributed by atoms with E-state index in [1.807, 2.05) is 85.7 Å². The first kappa shape index (κ1) is 20.0. The molecule has 32 heavy (non-hydrogen) atoms. The number of hydrazine groups is 1. The van der Waals surface area contributed by atoms with E-state index in [0.717, 1.165) is 51.1 Å². The standard InChI is InChI=1S/C24H24N6O2/c1-4-31-18-6-8-21-20(12-18)24(26-14-25-21)28-17-5-9-22(16(2)11-17)32-19-7-10-23-27-15-29(3)30(23)13-19/h5-14H,4,15H2,1-3H3,(H,25,26,28). The van der Waals surface area contributed by atoms with Crippen molar-refractivity contribution in [2.45, 2.75) is 13.8 Å². The third-order valence-corrected chi connectivity index (χ3v) is 5.27. The molecule has 3 heterocycles. The maximum atomic E-state index is 6.14. The summed E-state index contributed by atoms with van der Waals surface area (Å²) in [5.41, 5.74) is 2.78. The van der Waals surface area contributed by atoms with Crippen LogP contribution in [0, 0.1) is 6.92 Å². The molecular weight excluding hydrogens is 404 g/mol. The van der Waals surface area contributed by atoms with E-state index in [-0.39, 0.29) is 0 Å². The van der Waals surface area contributed by atoms with Gasteiger partial charge in [-0.25, -0.2) is 15.0 Å². The van der Waals surface area contributed by atoms with Crippen LogP contribution in [0.4, 0.5) is 11.5 Å². The second-order valence-corrected chi connectivity index (χ2v) is 7.57. The Hall–Kier alpha value is -3.91. The van der Waals surface area contributed by atoms with E-state index in [0.29, 0.717) is 13.3 Å². The van der Waals surface area contributed by atoms with E-state index in [9.17, 15) is 0 Å². The fourth-order valence-electron chi connectivity index (χ4n) is 3.66. The quantitative estimate of drug-likeness (QED) is 0.624. The number of aryl methyl sites for hydroxylation is 1. The van der Waals surface area contributed by atoms with E-state index in [1.54, 1.807) is 6.33 Å². The first-order chi connectivity index (χ1) is 15.6. The highest BCUT2D eigenvalue weighted by molar-refractivity contribution is 5.95. The molecule has 5 rings (SSSR count). The van der Waals surface area contributed by atoms with Gasteiger partial charge >= 0.3 is 0 Å². The zero-order chi connectivity index (χ0) is 22.1. The van der Waals surface area contributed by atoms with Gasteiger partial charge < -0.3 is 14.8 Å². The average molecular weight is 428 g/mol. The third-order valence-electron chi connectivity index (χ3n) is 5.27. The molecule has 0 spiro atoms. The lowest BCUT2D eigenvalue weighted by molar-refractivity contribution is 0.154. The van der Waals surface area contributed by atoms with Crippen molar-refractivity contribution >= 4 is 28.2 Å². The van der Waals surface area contributed by atoms with Crippen LogP contribution in [0.1, 0.15) is 12.5 Å². The minimum atomic E-state index is 0.608. The highest BCUT2D eigenvalue weighted by atomic mass is 16.5. The van der Waals surface area contributed by atoms with Crippen LogP contribution in [0.5, 0.6) is 11.5 Å². The molecule has 1 N–H and O–H groups in total. The second kappa shape index (κ2) is 8.32. The molecule has 0 saturated heterocycles. The molecule has 3 aromatic rings. The van der Waals surface area contributed by atoms with Gasteiger partial charge in [0.1, 0.15) is 41.9 Å². The van der Waals surface area contributed by atoms with Crippen LogP contribution >= 0.6 is 0 Å². The van der Waals surface area contributed by atoms with Crippen LogP contribution in [-0.2, 0) is 0 Å². The lowest BCUT2D eigenvalue weighted by Gasteiger charge is -2.25. The summed E-state index contributed by atoms with van der Waals surface area (Å²) in [5, 5.41) is 8.31. The van der Waals surface area contributed by atoms with Crippen molar-refractivity contribution in [2.75, 3.05) is 25.6 Å². The van der Waals surface area contributed by atoms with Gasteiger partial charge in [-0.2, -0.15) is 5.01 Å². The number of nitrogens with zero attached hydrogens (tertiary/aromatic N) is 5. The molecule has 0 bridgehead atoms. The molecule has 0 saturated carbocycles. The lowest BCUT2D eigenvalue weighted by atomic mass is 10.2. The molecule has 0 atom stereocenters. The first-order valence-electron chi connectivity index (χ1n) is 10.5. The van der Waals surface area contributed by atoms with Crippen molar-refractivity contribution in [1.82, 2.24) is 20.0 Å². The molecule has 2 aromatic carbocycles. The number of amidine groups is 1. The number of anilines is 2. The summed E-state index contributed by atoms with van der Waals surface area (Å²) in [6.07, 6.45) is 7.40. The van der Waals surface area contributed by atoms with Gasteiger partial charge in [0.15, 0.2) is 0 Å². The van der Waals surface area contributed by atoms with E-state index in [4.69, 9.17) is 9.47 Å². The normalized spacial score (nSPS) is 15.4. The Morgan fingerprint density at radius 2 is 2.00 bits per heavy atom. The molecule has 2 aliphatic rings. The van der Waals surface area contributed by atoms with Crippen molar-refractivity contribution < 1.29 is 9.47 Å². The number of fused-ring (bicyclic) bond motifs is 2. The topological polar surface area (TPSA) is 75.1 Å². The Bertz CT molecular complexity index is 1270. The monoisotopic (exact) mass is 428 g/mol. The van der Waals surface area contributed by atoms with E-state index in [1.165, 1.54) is 0 Å². The van der Waals surface area contributed by atoms with Gasteiger partial charge in [-0.15, -0.1) is 0 Å². The van der Waals surface area contributed by atoms with Gasteiger partial charge in [0.05, 0.1) is 18.3 Å². The van der Waals surface area contributed by atoms with Crippen LogP contribution in [0.25, 0.3) is 10.9 Å². The number of rotatable bonds is 6. The largest absolute Gasteiger partial charge is 0.494 e. The predicted molar refractivity (Wildman–Crippen MR) is 125 cm³/mol. The number of allylic oxidation sites excluding steroid dienone is 1. The fraction of sp³-hybridized carbons (Fsp3) is 0.208. The van der Waals surface area contributed by atoms with Crippen molar-refractivity contribution in [1.29, 1.82) is 0 Å². The number of aromatic nitrogens is 2. The predicted octanol–water partition coefficient (Wildman–Crippen LogP) is 4.39. The van der Waals surface area contributed by atoms with Gasteiger partial charge in [-0.05, 0) is 68.0 Å². The molecule has 0 fully saturated rings. The summed E-state index contributed by atoms with van der Waals surface area (Å²) < 4.78 is 11.8. The van der Waals surface area contributed by atoms with Gasteiger partial charge in [0, 0.05) is 18.1 Å². The summed E-state index contributed by atoms with van der Waals surface area (Å²) in [6.45, 7) is 5.24. The number of ether oxygens (including phenoxy) is 2. The fourth-order valence-corrected chi connectivity index (χ4v) is 3.66. The van der Waals surface area contributed by atoms with E-state index in [2.05, 4.69) is 20.3 Å². The Balaban J connectivity index is 1.36. The summed E-state index contributed by atoms with van der Waals surface area (Å²) in [6, 6.07) is 11.8. The number of aliphatic imine (C=N–C) groups is 1. The number of hydrogen-bond donors (Lipinski definition) is 1. The van der Waals surface area contributed by atoms with Crippen molar-refractivity contribution in [2.24, 2.45) is 4.99 Å². The number of hydrogen-bond acceptors (Lipinski definition) is 8. The molecule has 0 radical (unpaired) electrons. The molecule has 0 amide bonds. The van der Waals surface area contributed by atoms with Crippen molar-refractivity contribution in [3.05, 3.63) is 72.4 Å². The molecule has 8 heteroatoms. The lowest BCUT2D eigenvalue weighted by Crippen LogP contribution is -2.35. The van der Waals surface area contributed by atoms with Crippen LogP contribution in [0.2, 0.25) is 0 Å². The van der Waals surface area contributed by atoms with Crippen LogP contribution < -0.4 is 14.8 Å². The van der Waals surface area contributed by atoms with Crippen LogP contribution in [0.3, 0.4) is 0 Å². The molecule has 0 aliphatic carbocycles. The van der Waals surface area contributed by atoms with Gasteiger partial charge in [-0.1, -0.05) is 0 Å². The number of benzene rings is 2. The summed E-state index contributed by atoms with van der Waals surface area (Å²) >= 11 is 0. The molecule has 1 aromatic heterocycles. The highest BCUT2D eigenvalue weighted by Crippen LogP contribution is 2.30. The van der Waals surface area contributed by atoms with E-state index >= 15 is 0 Å². The summed E-state index contributed by atoms with van der Waals surface area (Å²) in [4.78, 5) is 13.2. The van der Waals surface area contributed by atoms with Gasteiger partial charge in [0.25, 0.3) is 0 Å². The minimum Gasteiger partial charge on any atom is -0.494 e. The zero-order valence-electron chi connectivity index (χ0n) is 18.2. The van der Waals surface area contributed by atoms with Crippen LogP contribution in [-0.4, -0.2) is 46.1 Å². The van der Waals surface area contributed by atoms with Gasteiger partial charge in [-0.3, -0.25) is 5.01 Å². The Kier molecular flexibility index (Phi) is 5.20. The Morgan fingerprint density at radius 3 is 2.84 bits per heavy atom. The van der Waals surface area contributed by atoms with Gasteiger partial charge in [0.2, 0.25) is 0 Å². The Labute approximate surface area is 186 Å². The second-order valence-electron chi connectivity index (χ2n) is 7.57. The molecule has 0 unspecified atom stereocenters. The SMILES string of the molecule is CCOc1ccc2ncnc(Nc3ccc(OC4=CN5C(=NCN5C)C=C4)c(C)c3)c2c1. The molecular formula is C24H24N6O2. The molecule has 8 nitrogen and oxygen atoms in total. The number of nitrogens with one attached hydrogen (secondary N) is 1.